The van der Waals surface area contributed by atoms with Gasteiger partial charge in [0.25, 0.3) is 0 Å². The van der Waals surface area contributed by atoms with Gasteiger partial charge in [-0.2, -0.15) is 0 Å². The molecule has 3 rings (SSSR count). The van der Waals surface area contributed by atoms with Crippen molar-refractivity contribution in [2.24, 2.45) is 0 Å². The number of thioether (sulfide) groups is 1. The molecule has 0 saturated heterocycles. The van der Waals surface area contributed by atoms with Gasteiger partial charge in [0.05, 0.1) is 5.75 Å². The molecule has 0 aliphatic rings. The number of aromatic nitrogens is 3. The van der Waals surface area contributed by atoms with Crippen LogP contribution < -0.4 is 10.1 Å². The maximum atomic E-state index is 12.5. The monoisotopic (exact) mass is 436 g/mol. The Morgan fingerprint density at radius 2 is 1.87 bits per heavy atom. The Balaban J connectivity index is 1.66. The minimum absolute atomic E-state index is 0.0832. The van der Waals surface area contributed by atoms with E-state index in [1.165, 1.54) is 11.8 Å². The third-order valence-electron chi connectivity index (χ3n) is 4.86. The van der Waals surface area contributed by atoms with Crippen molar-refractivity contribution in [3.05, 3.63) is 77.1 Å². The summed E-state index contributed by atoms with van der Waals surface area (Å²) in [5.41, 5.74) is 5.12. The SMILES string of the molecule is C=CCn1c(COc2c(C)cccc2C)nnc1SCC(=O)Nc1cc(C)ccc1C. The number of nitrogens with one attached hydrogen (secondary N) is 1. The summed E-state index contributed by atoms with van der Waals surface area (Å²) in [5, 5.41) is 12.2. The van der Waals surface area contributed by atoms with Crippen molar-refractivity contribution in [1.82, 2.24) is 14.8 Å². The van der Waals surface area contributed by atoms with Gasteiger partial charge in [-0.3, -0.25) is 9.36 Å². The molecule has 7 heteroatoms. The molecule has 162 valence electrons. The quantitative estimate of drug-likeness (QED) is 0.377. The number of hydrogen-bond donors (Lipinski definition) is 1. The first-order valence-corrected chi connectivity index (χ1v) is 11.1. The molecule has 0 radical (unpaired) electrons. The lowest BCUT2D eigenvalue weighted by Crippen LogP contribution is -2.16. The lowest BCUT2D eigenvalue weighted by atomic mass is 10.1. The van der Waals surface area contributed by atoms with Gasteiger partial charge < -0.3 is 10.1 Å². The second kappa shape index (κ2) is 10.3. The molecule has 31 heavy (non-hydrogen) atoms. The van der Waals surface area contributed by atoms with Crippen LogP contribution in [0.3, 0.4) is 0 Å². The van der Waals surface area contributed by atoms with E-state index in [-0.39, 0.29) is 11.7 Å². The van der Waals surface area contributed by atoms with Crippen LogP contribution in [0.15, 0.2) is 54.2 Å². The van der Waals surface area contributed by atoms with Crippen LogP contribution in [0.5, 0.6) is 5.75 Å². The maximum absolute atomic E-state index is 12.5. The molecular formula is C24H28N4O2S. The van der Waals surface area contributed by atoms with Crippen molar-refractivity contribution in [3.8, 4) is 5.75 Å². The van der Waals surface area contributed by atoms with E-state index in [4.69, 9.17) is 4.74 Å². The second-order valence-electron chi connectivity index (χ2n) is 7.46. The number of anilines is 1. The lowest BCUT2D eigenvalue weighted by molar-refractivity contribution is -0.113. The smallest absolute Gasteiger partial charge is 0.234 e. The van der Waals surface area contributed by atoms with Gasteiger partial charge >= 0.3 is 0 Å². The Kier molecular flexibility index (Phi) is 7.52. The van der Waals surface area contributed by atoms with E-state index in [0.29, 0.717) is 24.1 Å². The summed E-state index contributed by atoms with van der Waals surface area (Å²) in [4.78, 5) is 12.5. The fourth-order valence-corrected chi connectivity index (χ4v) is 3.96. The van der Waals surface area contributed by atoms with Gasteiger partial charge in [0.2, 0.25) is 5.91 Å². The topological polar surface area (TPSA) is 69.0 Å². The van der Waals surface area contributed by atoms with E-state index in [1.807, 2.05) is 68.7 Å². The maximum Gasteiger partial charge on any atom is 0.234 e. The highest BCUT2D eigenvalue weighted by Crippen LogP contribution is 2.24. The van der Waals surface area contributed by atoms with Crippen LogP contribution in [0.25, 0.3) is 0 Å². The summed E-state index contributed by atoms with van der Waals surface area (Å²) >= 11 is 1.35. The first-order valence-electron chi connectivity index (χ1n) is 10.1. The van der Waals surface area contributed by atoms with Gasteiger partial charge in [-0.05, 0) is 56.0 Å². The van der Waals surface area contributed by atoms with Crippen LogP contribution in [0, 0.1) is 27.7 Å². The molecule has 3 aromatic rings. The standard InChI is InChI=1S/C24H28N4O2S/c1-6-12-28-21(14-30-23-18(4)8-7-9-19(23)5)26-27-24(28)31-15-22(29)25-20-13-16(2)10-11-17(20)3/h6-11,13H,1,12,14-15H2,2-5H3,(H,25,29). The van der Waals surface area contributed by atoms with Crippen molar-refractivity contribution >= 4 is 23.4 Å². The Hall–Kier alpha value is -3.06. The van der Waals surface area contributed by atoms with Crippen molar-refractivity contribution < 1.29 is 9.53 Å². The number of para-hydroxylation sites is 1. The molecule has 0 aliphatic carbocycles. The summed E-state index contributed by atoms with van der Waals surface area (Å²) in [6.07, 6.45) is 1.78. The third kappa shape index (κ3) is 5.76. The van der Waals surface area contributed by atoms with Crippen LogP contribution in [0.4, 0.5) is 5.69 Å². The fourth-order valence-electron chi connectivity index (χ4n) is 3.20. The number of aryl methyl sites for hydroxylation is 4. The van der Waals surface area contributed by atoms with E-state index < -0.39 is 0 Å². The van der Waals surface area contributed by atoms with E-state index in [0.717, 1.165) is 33.7 Å². The van der Waals surface area contributed by atoms with Crippen LogP contribution in [-0.2, 0) is 17.9 Å². The molecular weight excluding hydrogens is 408 g/mol. The summed E-state index contributed by atoms with van der Waals surface area (Å²) < 4.78 is 7.96. The largest absolute Gasteiger partial charge is 0.485 e. The Morgan fingerprint density at radius 1 is 1.13 bits per heavy atom. The van der Waals surface area contributed by atoms with Gasteiger partial charge in [0.15, 0.2) is 11.0 Å². The summed E-state index contributed by atoms with van der Waals surface area (Å²) in [5.74, 6) is 1.71. The molecule has 0 atom stereocenters. The molecule has 1 aromatic heterocycles. The lowest BCUT2D eigenvalue weighted by Gasteiger charge is -2.13. The average molecular weight is 437 g/mol. The van der Waals surface area contributed by atoms with Crippen molar-refractivity contribution in [1.29, 1.82) is 0 Å². The van der Waals surface area contributed by atoms with E-state index in [2.05, 4.69) is 22.1 Å². The number of benzene rings is 2. The molecule has 2 aromatic carbocycles. The summed E-state index contributed by atoms with van der Waals surface area (Å²) in [6, 6.07) is 12.1. The van der Waals surface area contributed by atoms with Gasteiger partial charge in [-0.1, -0.05) is 48.2 Å². The minimum atomic E-state index is -0.0832. The Labute approximate surface area is 187 Å². The van der Waals surface area contributed by atoms with Crippen LogP contribution in [-0.4, -0.2) is 26.4 Å². The number of ether oxygens (including phenoxy) is 1. The zero-order valence-electron chi connectivity index (χ0n) is 18.4. The molecule has 0 saturated carbocycles. The highest BCUT2D eigenvalue weighted by molar-refractivity contribution is 7.99. The van der Waals surface area contributed by atoms with E-state index in [1.54, 1.807) is 6.08 Å². The van der Waals surface area contributed by atoms with Gasteiger partial charge in [0.1, 0.15) is 12.4 Å². The van der Waals surface area contributed by atoms with Crippen LogP contribution >= 0.6 is 11.8 Å². The normalized spacial score (nSPS) is 10.7. The van der Waals surface area contributed by atoms with Gasteiger partial charge in [-0.15, -0.1) is 16.8 Å². The first-order chi connectivity index (χ1) is 14.9. The average Bonchev–Trinajstić information content (AvgIpc) is 3.11. The molecule has 1 heterocycles. The fraction of sp³-hybridized carbons (Fsp3) is 0.292. The van der Waals surface area contributed by atoms with Crippen LogP contribution in [0.1, 0.15) is 28.1 Å². The number of rotatable bonds is 9. The third-order valence-corrected chi connectivity index (χ3v) is 5.83. The van der Waals surface area contributed by atoms with Crippen molar-refractivity contribution in [2.75, 3.05) is 11.1 Å². The zero-order chi connectivity index (χ0) is 22.4. The van der Waals surface area contributed by atoms with Crippen LogP contribution in [0.2, 0.25) is 0 Å². The summed E-state index contributed by atoms with van der Waals surface area (Å²) in [6.45, 7) is 12.7. The predicted octanol–water partition coefficient (Wildman–Crippen LogP) is 5.01. The predicted molar refractivity (Wildman–Crippen MR) is 126 cm³/mol. The number of allylic oxidation sites excluding steroid dienone is 1. The Bertz CT molecular complexity index is 1070. The Morgan fingerprint density at radius 3 is 2.58 bits per heavy atom. The van der Waals surface area contributed by atoms with E-state index in [9.17, 15) is 4.79 Å². The second-order valence-corrected chi connectivity index (χ2v) is 8.41. The number of carbonyl (C=O) groups excluding carboxylic acids is 1. The number of carbonyl (C=O) groups is 1. The number of hydrogen-bond acceptors (Lipinski definition) is 5. The molecule has 1 N–H and O–H groups in total. The molecule has 0 bridgehead atoms. The zero-order valence-corrected chi connectivity index (χ0v) is 19.3. The van der Waals surface area contributed by atoms with Gasteiger partial charge in [0, 0.05) is 12.2 Å². The highest BCUT2D eigenvalue weighted by Gasteiger charge is 2.15. The number of amides is 1. The van der Waals surface area contributed by atoms with Crippen molar-refractivity contribution in [3.63, 3.8) is 0 Å². The molecule has 0 unspecified atom stereocenters. The van der Waals surface area contributed by atoms with Gasteiger partial charge in [-0.25, -0.2) is 0 Å². The molecule has 0 spiro atoms. The van der Waals surface area contributed by atoms with Crippen molar-refractivity contribution in [2.45, 2.75) is 46.0 Å². The first kappa shape index (κ1) is 22.6. The van der Waals surface area contributed by atoms with E-state index >= 15 is 0 Å². The molecule has 0 aliphatic heterocycles. The molecule has 0 fully saturated rings. The summed E-state index contributed by atoms with van der Waals surface area (Å²) in [7, 11) is 0. The highest BCUT2D eigenvalue weighted by atomic mass is 32.2. The number of nitrogens with zero attached hydrogens (tertiary/aromatic N) is 3. The minimum Gasteiger partial charge on any atom is -0.485 e. The molecule has 1 amide bonds. The molecule has 6 nitrogen and oxygen atoms in total.